The van der Waals surface area contributed by atoms with Crippen LogP contribution >= 0.6 is 0 Å². The average molecular weight is 2020 g/mol. The van der Waals surface area contributed by atoms with Gasteiger partial charge in [-0.2, -0.15) is 26.3 Å². The third-order valence-corrected chi connectivity index (χ3v) is 29.6. The van der Waals surface area contributed by atoms with Gasteiger partial charge in [-0.05, 0) is 184 Å². The summed E-state index contributed by atoms with van der Waals surface area (Å²) in [5.74, 6) is -13.9. The van der Waals surface area contributed by atoms with Crippen molar-refractivity contribution in [2.75, 3.05) is 41.0 Å². The summed E-state index contributed by atoms with van der Waals surface area (Å²) < 4.78 is 148. The number of rotatable bonds is 8. The van der Waals surface area contributed by atoms with Crippen LogP contribution in [0.1, 0.15) is 248 Å². The van der Waals surface area contributed by atoms with Crippen molar-refractivity contribution < 1.29 is 168 Å². The van der Waals surface area contributed by atoms with Crippen molar-refractivity contribution in [1.82, 2.24) is 49.9 Å². The summed E-state index contributed by atoms with van der Waals surface area (Å²) in [4.78, 5) is 150. The number of aromatic nitrogens is 6. The molecule has 6 aliphatic heterocycles. The molecule has 20 atom stereocenters. The standard InChI is InChI=1S/C35H44F2N3O6.C35H46F2N3O6.C30H37F2N4O6.3V/c1-6-21-27(18-41)40-17-29(21)46-32-31(38-25-11-10-20(44-5)15-26(25)39-32)35(36,37)12-8-7-9-22-23-13-19(23)14-28(22)45-30(42)16-24(33(40)43)34(2,3)4;1-7-23-27(20-41)40-19-28(23)45-31-30(38-25-14-13-22(44-6)17-26(25)39-31)35(36,37)16-9-8-11-21-12-10-15-34(21,5)46-29(42)18-24(32(40)43)33(2,3)4;1-16-21(15-37)36-14-23(16)41-26-24(33-19-10-9-18(40-5)13-20(19)34-26)30(31,32)11-7-6-8-17-12-22(17)42-28(39)35-25(27(36)38)29(2,3)4;;;/h10-11,15,19,21-24,27-29H,6-9,12-14,16-17H2,1-5H3;13-14,17,21,23-24,27-28H,7-12,15-16,18-19H2,1-6H3;9-10,13,16-17,21-23,25H,6-8,11-12,14H2,1-5H3,(H,35,39);;;/q3*-1;;;/t19?,21-,22+,23?,24+,27+,28+,29-;21-,23+,24-,27-,28+,34-;16-,17+,21+,22+,23-,25+;;;/m010.../s1. The molecule has 9 heterocycles. The molecule has 4 saturated carbocycles. The molecule has 137 heavy (non-hydrogen) atoms. The number of alkyl halides is 6. The van der Waals surface area contributed by atoms with E-state index in [2.05, 4.69) is 35.2 Å². The van der Waals surface area contributed by atoms with Gasteiger partial charge in [0.15, 0.2) is 17.1 Å². The summed E-state index contributed by atoms with van der Waals surface area (Å²) in [5, 5.41) is 2.71. The van der Waals surface area contributed by atoms with Crippen molar-refractivity contribution in [3.8, 4) is 34.9 Å². The molecular formula is C100H127F6N10O18V3-3. The number of fused-ring (bicyclic) bond motifs is 17. The van der Waals surface area contributed by atoms with Crippen LogP contribution in [0.3, 0.4) is 0 Å². The topological polar surface area (TPSA) is 336 Å². The Morgan fingerprint density at radius 1 is 0.438 bits per heavy atom. The number of methoxy groups -OCH3 is 3. The zero-order chi connectivity index (χ0) is 96.8. The number of nitrogens with zero attached hydrogens (tertiary/aromatic N) is 9. The van der Waals surface area contributed by atoms with Crippen molar-refractivity contribution in [1.29, 1.82) is 0 Å². The summed E-state index contributed by atoms with van der Waals surface area (Å²) in [6.07, 6.45) is 10.5. The summed E-state index contributed by atoms with van der Waals surface area (Å²) in [7, 11) is 4.48. The fraction of sp³-hybridized carbons (Fsp3) is 0.670. The van der Waals surface area contributed by atoms with E-state index in [4.69, 9.17) is 42.6 Å². The number of nitrogens with one attached hydrogen (secondary N) is 1. The molecule has 2 unspecified atom stereocenters. The second-order valence-corrected chi connectivity index (χ2v) is 41.8. The van der Waals surface area contributed by atoms with Crippen LogP contribution < -0.4 is 33.7 Å². The van der Waals surface area contributed by atoms with Crippen LogP contribution in [0, 0.1) is 75.4 Å². The van der Waals surface area contributed by atoms with Crippen LogP contribution in [0.2, 0.25) is 0 Å². The van der Waals surface area contributed by atoms with Gasteiger partial charge in [0.05, 0.1) is 98.7 Å². The molecule has 0 spiro atoms. The number of hydrogen-bond acceptors (Lipinski definition) is 24. The first-order valence-electron chi connectivity index (χ1n) is 47.5. The summed E-state index contributed by atoms with van der Waals surface area (Å²) in [5.41, 5.74) is -2.66. The van der Waals surface area contributed by atoms with Gasteiger partial charge in [0.25, 0.3) is 17.8 Å². The molecule has 4 amide bonds. The number of hydrogen-bond donors (Lipinski definition) is 1. The Balaban J connectivity index is 0.000000195. The van der Waals surface area contributed by atoms with Gasteiger partial charge in [0, 0.05) is 93.1 Å². The minimum absolute atomic E-state index is 0. The fourth-order valence-electron chi connectivity index (χ4n) is 21.3. The Morgan fingerprint density at radius 2 is 0.839 bits per heavy atom. The van der Waals surface area contributed by atoms with E-state index in [1.807, 2.05) is 81.2 Å². The van der Waals surface area contributed by atoms with Gasteiger partial charge in [-0.15, -0.1) is 0 Å². The Bertz CT molecular complexity index is 5250. The molecule has 3 aromatic carbocycles. The molecule has 6 bridgehead atoms. The first kappa shape index (κ1) is 109. The number of carbonyl (C=O) groups excluding carboxylic acids is 9. The zero-order valence-corrected chi connectivity index (χ0v) is 85.0. The van der Waals surface area contributed by atoms with Crippen LogP contribution in [0.4, 0.5) is 31.1 Å². The molecule has 28 nitrogen and oxygen atoms in total. The first-order chi connectivity index (χ1) is 63.4. The number of carbonyl (C=O) groups is 6. The number of ether oxygens (including phenoxy) is 9. The number of esters is 2. The monoisotopic (exact) mass is 2020 g/mol. The van der Waals surface area contributed by atoms with E-state index in [9.17, 15) is 43.2 Å². The maximum atomic E-state index is 16.1. The fourth-order valence-corrected chi connectivity index (χ4v) is 21.3. The van der Waals surface area contributed by atoms with Gasteiger partial charge in [-0.3, -0.25) is 24.0 Å². The number of amides is 4. The quantitative estimate of drug-likeness (QED) is 0.0640. The van der Waals surface area contributed by atoms with Crippen LogP contribution in [0.5, 0.6) is 34.9 Å². The van der Waals surface area contributed by atoms with Crippen molar-refractivity contribution in [3.63, 3.8) is 0 Å². The van der Waals surface area contributed by atoms with Crippen LogP contribution in [-0.2, 0) is 126 Å². The maximum Gasteiger partial charge on any atom is 0.408 e. The molecule has 6 aromatic rings. The summed E-state index contributed by atoms with van der Waals surface area (Å²) in [6, 6.07) is 10.4. The SMILES string of the molecule is CC[C@@H]1[C@@H]2CN(C(=O)[C@H](C(C)(C)C)CC(=O)O[C@@H]3CC4CC4[C@H]3CCCCC(F)(F)c3nc4ccc(OC)cc4nc3O2)[C@@H]1[C-]=O.CC[C@@H]1[C@@H]2CN(C(=O)[C@H](C(C)(C)C)CC(=O)O[C@]3(C)CCC[C@H]3CCCCC(F)(F)c3nc4ccc(OC)cc4nc3O2)[C@@H]1[C-]=O.COc1ccc2nc3c(nc2c1)O[C@H]1CN(C(=O)[C@H](C(C)(C)C)NC(=O)O[C@@H]2C[C@H]2CCCCC3(F)F)[C@H]([C-]=O)[C@@H]1C.[V].[V].[V]. The van der Waals surface area contributed by atoms with Crippen molar-refractivity contribution in [3.05, 3.63) is 71.7 Å². The largest absolute Gasteiger partial charge is 0.540 e. The second kappa shape index (κ2) is 43.9. The third-order valence-electron chi connectivity index (χ3n) is 29.6. The van der Waals surface area contributed by atoms with E-state index in [0.717, 1.165) is 25.7 Å². The van der Waals surface area contributed by atoms with Gasteiger partial charge < -0.3 is 77.0 Å². The minimum atomic E-state index is -3.36. The molecule has 16 rings (SSSR count). The van der Waals surface area contributed by atoms with E-state index in [-0.39, 0.29) is 177 Å². The Kier molecular flexibility index (Phi) is 34.9. The van der Waals surface area contributed by atoms with Gasteiger partial charge in [0.1, 0.15) is 59.4 Å². The van der Waals surface area contributed by atoms with E-state index in [0.29, 0.717) is 110 Å². The molecule has 745 valence electrons. The third kappa shape index (κ3) is 24.1. The molecular weight excluding hydrogens is 1900 g/mol. The van der Waals surface area contributed by atoms with E-state index < -0.39 is 178 Å². The van der Waals surface area contributed by atoms with Crippen molar-refractivity contribution in [2.24, 2.45) is 75.4 Å². The Labute approximate surface area is 832 Å². The van der Waals surface area contributed by atoms with E-state index in [1.165, 1.54) is 36.0 Å². The predicted molar refractivity (Wildman–Crippen MR) is 480 cm³/mol. The number of benzene rings is 3. The van der Waals surface area contributed by atoms with Crippen molar-refractivity contribution >= 4 is 87.7 Å². The smallest absolute Gasteiger partial charge is 0.408 e. The molecule has 3 saturated heterocycles. The van der Waals surface area contributed by atoms with Gasteiger partial charge in [-0.1, -0.05) is 133 Å². The second-order valence-electron chi connectivity index (χ2n) is 41.8. The van der Waals surface area contributed by atoms with E-state index >= 15 is 26.3 Å². The summed E-state index contributed by atoms with van der Waals surface area (Å²) in [6.45, 7) is 23.8. The van der Waals surface area contributed by atoms with Crippen LogP contribution in [0.15, 0.2) is 54.6 Å². The van der Waals surface area contributed by atoms with Crippen LogP contribution in [-0.4, -0.2) is 200 Å². The average Bonchev–Trinajstić information content (AvgIpc) is 1.57. The Hall–Kier alpha value is -8.56. The minimum Gasteiger partial charge on any atom is -0.540 e. The molecule has 1 N–H and O–H groups in total. The first-order valence-corrected chi connectivity index (χ1v) is 47.5. The molecule has 37 heteroatoms. The van der Waals surface area contributed by atoms with E-state index in [1.54, 1.807) is 82.3 Å². The van der Waals surface area contributed by atoms with Gasteiger partial charge in [0.2, 0.25) is 35.4 Å². The maximum absolute atomic E-state index is 16.1. The summed E-state index contributed by atoms with van der Waals surface area (Å²) >= 11 is 0. The van der Waals surface area contributed by atoms with Crippen molar-refractivity contribution in [2.45, 2.75) is 309 Å². The zero-order valence-electron chi connectivity index (χ0n) is 80.8. The van der Waals surface area contributed by atoms with Crippen LogP contribution in [0.25, 0.3) is 33.1 Å². The molecule has 7 fully saturated rings. The number of alkyl carbamates (subject to hydrolysis) is 1. The van der Waals surface area contributed by atoms with Gasteiger partial charge >= 0.3 is 18.0 Å². The molecule has 3 radical (unpaired) electrons. The normalized spacial score (nSPS) is 30.7. The molecule has 3 aromatic heterocycles. The Morgan fingerprint density at radius 3 is 1.26 bits per heavy atom. The molecule has 4 aliphatic carbocycles. The van der Waals surface area contributed by atoms with Gasteiger partial charge in [-0.25, -0.2) is 53.6 Å². The molecule has 10 aliphatic rings. The predicted octanol–water partition coefficient (Wildman–Crippen LogP) is 17.1. The number of halogens is 6.